The number of carbonyl (C=O) groups excluding carboxylic acids is 2. The molecule has 2 saturated heterocycles. The van der Waals surface area contributed by atoms with E-state index >= 15 is 0 Å². The lowest BCUT2D eigenvalue weighted by atomic mass is 9.85. The fourth-order valence-corrected chi connectivity index (χ4v) is 4.52. The lowest BCUT2D eigenvalue weighted by molar-refractivity contribution is -0.945. The van der Waals surface area contributed by atoms with Crippen LogP contribution in [0.15, 0.2) is 0 Å². The molecular formula is C15H25Br2NO5. The summed E-state index contributed by atoms with van der Waals surface area (Å²) in [5.41, 5.74) is -1.18. The van der Waals surface area contributed by atoms with Crippen molar-refractivity contribution in [3.8, 4) is 0 Å². The summed E-state index contributed by atoms with van der Waals surface area (Å²) in [7, 11) is 0. The third kappa shape index (κ3) is 3.91. The molecule has 0 aliphatic carbocycles. The quantitative estimate of drug-likeness (QED) is 0.209. The maximum atomic E-state index is 12.6. The molecule has 6 nitrogen and oxygen atoms in total. The summed E-state index contributed by atoms with van der Waals surface area (Å²) in [6.45, 7) is 7.44. The molecule has 0 radical (unpaired) electrons. The van der Waals surface area contributed by atoms with Gasteiger partial charge in [0.2, 0.25) is 5.41 Å². The van der Waals surface area contributed by atoms with Crippen molar-refractivity contribution in [2.75, 3.05) is 51.4 Å². The standard InChI is InChI=1S/C15H25BrNO5.BrH/c1-3-21-13(18)15(14(19)22-4-2)9-12(10-16)17(11-15)5-7-20-8-6-17;/h12H,3-11H2,1-2H3;1H/q+1;/p-1. The van der Waals surface area contributed by atoms with Crippen molar-refractivity contribution in [2.24, 2.45) is 5.41 Å². The van der Waals surface area contributed by atoms with Crippen LogP contribution in [0.2, 0.25) is 0 Å². The Morgan fingerprint density at radius 1 is 1.17 bits per heavy atom. The predicted octanol–water partition coefficient (Wildman–Crippen LogP) is -1.88. The highest BCUT2D eigenvalue weighted by Crippen LogP contribution is 2.43. The van der Waals surface area contributed by atoms with Gasteiger partial charge in [0.25, 0.3) is 0 Å². The molecule has 0 amide bonds. The van der Waals surface area contributed by atoms with Gasteiger partial charge in [-0.2, -0.15) is 0 Å². The van der Waals surface area contributed by atoms with E-state index in [0.717, 1.165) is 22.9 Å². The monoisotopic (exact) mass is 457 g/mol. The molecule has 1 spiro atoms. The Kier molecular flexibility index (Phi) is 7.97. The molecule has 0 aromatic carbocycles. The minimum absolute atomic E-state index is 0. The van der Waals surface area contributed by atoms with Gasteiger partial charge in [-0.1, -0.05) is 15.9 Å². The number of quaternary nitrogens is 1. The lowest BCUT2D eigenvalue weighted by Gasteiger charge is -2.42. The first-order valence-electron chi connectivity index (χ1n) is 7.88. The molecule has 1 unspecified atom stereocenters. The van der Waals surface area contributed by atoms with E-state index in [9.17, 15) is 9.59 Å². The Morgan fingerprint density at radius 2 is 1.70 bits per heavy atom. The van der Waals surface area contributed by atoms with E-state index in [1.54, 1.807) is 13.8 Å². The van der Waals surface area contributed by atoms with Crippen molar-refractivity contribution in [3.63, 3.8) is 0 Å². The second-order valence-electron chi connectivity index (χ2n) is 5.97. The number of alkyl halides is 1. The summed E-state index contributed by atoms with van der Waals surface area (Å²) >= 11 is 3.55. The van der Waals surface area contributed by atoms with Crippen molar-refractivity contribution in [1.29, 1.82) is 0 Å². The molecule has 23 heavy (non-hydrogen) atoms. The summed E-state index contributed by atoms with van der Waals surface area (Å²) in [4.78, 5) is 25.2. The van der Waals surface area contributed by atoms with Gasteiger partial charge in [-0.25, -0.2) is 0 Å². The molecule has 0 bridgehead atoms. The zero-order valence-electron chi connectivity index (χ0n) is 13.7. The molecule has 2 rings (SSSR count). The fraction of sp³-hybridized carbons (Fsp3) is 0.867. The first-order valence-corrected chi connectivity index (χ1v) is 9.00. The van der Waals surface area contributed by atoms with Crippen LogP contribution in [0, 0.1) is 5.41 Å². The summed E-state index contributed by atoms with van der Waals surface area (Å²) < 4.78 is 16.6. The number of carbonyl (C=O) groups is 2. The van der Waals surface area contributed by atoms with Crippen LogP contribution in [0.5, 0.6) is 0 Å². The highest BCUT2D eigenvalue weighted by Gasteiger charge is 2.64. The Balaban J connectivity index is 0.00000264. The van der Waals surface area contributed by atoms with Gasteiger partial charge in [0, 0.05) is 6.42 Å². The summed E-state index contributed by atoms with van der Waals surface area (Å²) in [5, 5.41) is 0.744. The SMILES string of the molecule is CCOC(=O)C1(C(=O)OCC)CC(CBr)[N+]2(CCOCC2)C1.[Br-]. The molecule has 2 heterocycles. The van der Waals surface area contributed by atoms with Gasteiger partial charge in [0.05, 0.1) is 31.8 Å². The highest BCUT2D eigenvalue weighted by atomic mass is 79.9. The Hall–Kier alpha value is -0.180. The van der Waals surface area contributed by atoms with Crippen molar-refractivity contribution >= 4 is 27.9 Å². The highest BCUT2D eigenvalue weighted by molar-refractivity contribution is 9.09. The van der Waals surface area contributed by atoms with Crippen LogP contribution in [0.4, 0.5) is 0 Å². The normalized spacial score (nSPS) is 24.7. The van der Waals surface area contributed by atoms with Crippen LogP contribution in [0.25, 0.3) is 0 Å². The largest absolute Gasteiger partial charge is 1.00 e. The molecule has 0 aromatic heterocycles. The van der Waals surface area contributed by atoms with E-state index < -0.39 is 17.4 Å². The fourth-order valence-electron chi connectivity index (χ4n) is 3.68. The van der Waals surface area contributed by atoms with Crippen molar-refractivity contribution in [2.45, 2.75) is 26.3 Å². The summed E-state index contributed by atoms with van der Waals surface area (Å²) in [5.74, 6) is -0.887. The molecule has 134 valence electrons. The van der Waals surface area contributed by atoms with Crippen LogP contribution in [-0.2, 0) is 23.8 Å². The number of hydrogen-bond acceptors (Lipinski definition) is 5. The van der Waals surface area contributed by atoms with Crippen LogP contribution in [0.1, 0.15) is 20.3 Å². The molecular weight excluding hydrogens is 434 g/mol. The van der Waals surface area contributed by atoms with Crippen molar-refractivity contribution in [3.05, 3.63) is 0 Å². The molecule has 0 aromatic rings. The number of ether oxygens (including phenoxy) is 3. The van der Waals surface area contributed by atoms with E-state index in [0.29, 0.717) is 26.2 Å². The second-order valence-corrected chi connectivity index (χ2v) is 6.62. The third-order valence-electron chi connectivity index (χ3n) is 4.82. The predicted molar refractivity (Wildman–Crippen MR) is 83.6 cm³/mol. The van der Waals surface area contributed by atoms with Gasteiger partial charge in [0.1, 0.15) is 25.7 Å². The topological polar surface area (TPSA) is 61.8 Å². The summed E-state index contributed by atoms with van der Waals surface area (Å²) in [6.07, 6.45) is 0.468. The van der Waals surface area contributed by atoms with E-state index in [4.69, 9.17) is 14.2 Å². The Labute approximate surface area is 156 Å². The smallest absolute Gasteiger partial charge is 0.329 e. The van der Waals surface area contributed by atoms with Gasteiger partial charge in [-0.05, 0) is 13.8 Å². The molecule has 8 heteroatoms. The number of morpholine rings is 1. The van der Waals surface area contributed by atoms with E-state index in [1.165, 1.54) is 0 Å². The number of hydrogen-bond donors (Lipinski definition) is 0. The minimum Gasteiger partial charge on any atom is -1.00 e. The molecule has 1 atom stereocenters. The lowest BCUT2D eigenvalue weighted by Crippen LogP contribution is -3.00. The van der Waals surface area contributed by atoms with Crippen LogP contribution >= 0.6 is 15.9 Å². The molecule has 2 aliphatic rings. The Bertz CT molecular complexity index is 408. The number of rotatable bonds is 5. The second kappa shape index (κ2) is 8.78. The molecule has 2 aliphatic heterocycles. The van der Waals surface area contributed by atoms with Gasteiger partial charge < -0.3 is 35.7 Å². The first-order chi connectivity index (χ1) is 10.5. The maximum absolute atomic E-state index is 12.6. The molecule has 2 fully saturated rings. The zero-order chi connectivity index (χ0) is 16.2. The van der Waals surface area contributed by atoms with Gasteiger partial charge in [-0.15, -0.1) is 0 Å². The third-order valence-corrected chi connectivity index (χ3v) is 5.56. The first kappa shape index (κ1) is 20.9. The number of halogens is 2. The minimum atomic E-state index is -1.18. The summed E-state index contributed by atoms with van der Waals surface area (Å²) in [6, 6.07) is 0.192. The van der Waals surface area contributed by atoms with E-state index in [-0.39, 0.29) is 36.2 Å². The van der Waals surface area contributed by atoms with Crippen LogP contribution in [-0.4, -0.2) is 73.9 Å². The van der Waals surface area contributed by atoms with Crippen molar-refractivity contribution < 1.29 is 45.3 Å². The molecule has 0 N–H and O–H groups in total. The zero-order valence-corrected chi connectivity index (χ0v) is 16.9. The van der Waals surface area contributed by atoms with Gasteiger partial charge in [0.15, 0.2) is 0 Å². The van der Waals surface area contributed by atoms with Crippen molar-refractivity contribution in [1.82, 2.24) is 0 Å². The Morgan fingerprint density at radius 3 is 2.13 bits per heavy atom. The van der Waals surface area contributed by atoms with E-state index in [1.807, 2.05) is 0 Å². The van der Waals surface area contributed by atoms with E-state index in [2.05, 4.69) is 15.9 Å². The van der Waals surface area contributed by atoms with Gasteiger partial charge >= 0.3 is 11.9 Å². The van der Waals surface area contributed by atoms with Crippen LogP contribution in [0.3, 0.4) is 0 Å². The average Bonchev–Trinajstić information content (AvgIpc) is 2.84. The van der Waals surface area contributed by atoms with Gasteiger partial charge in [-0.3, -0.25) is 9.59 Å². The van der Waals surface area contributed by atoms with Crippen LogP contribution < -0.4 is 17.0 Å². The maximum Gasteiger partial charge on any atom is 0.329 e. The number of nitrogens with zero attached hydrogens (tertiary/aromatic N) is 1. The average molecular weight is 459 g/mol. The number of esters is 2. The molecule has 0 saturated carbocycles.